The number of aliphatic hydroxyl groups is 1. The van der Waals surface area contributed by atoms with E-state index >= 15 is 0 Å². The molecule has 3 unspecified atom stereocenters. The Labute approximate surface area is 59.2 Å². The second kappa shape index (κ2) is 2.46. The van der Waals surface area contributed by atoms with E-state index in [0.29, 0.717) is 0 Å². The van der Waals surface area contributed by atoms with Crippen molar-refractivity contribution in [3.05, 3.63) is 0 Å². The van der Waals surface area contributed by atoms with Crippen molar-refractivity contribution in [1.29, 1.82) is 0 Å². The summed E-state index contributed by atoms with van der Waals surface area (Å²) in [5.74, 6) is 0. The minimum Gasteiger partial charge on any atom is -0.444 e. The molecule has 1 amide bonds. The van der Waals surface area contributed by atoms with Crippen LogP contribution < -0.4 is 5.32 Å². The van der Waals surface area contributed by atoms with E-state index in [2.05, 4.69) is 5.32 Å². The van der Waals surface area contributed by atoms with E-state index in [9.17, 15) is 4.79 Å². The lowest BCUT2D eigenvalue weighted by molar-refractivity contribution is 0.0973. The number of alkyl carbamates (subject to hydrolysis) is 1. The van der Waals surface area contributed by atoms with Crippen LogP contribution in [0.4, 0.5) is 4.79 Å². The predicted octanol–water partition coefficient (Wildman–Crippen LogP) is -0.136. The Bertz CT molecular complexity index is 146. The number of aliphatic hydroxyl groups excluding tert-OH is 1. The molecular weight excluding hydrogens is 134 g/mol. The van der Waals surface area contributed by atoms with Gasteiger partial charge in [0.1, 0.15) is 6.10 Å². The molecule has 0 spiro atoms. The van der Waals surface area contributed by atoms with Crippen LogP contribution in [-0.2, 0) is 4.74 Å². The van der Waals surface area contributed by atoms with Crippen LogP contribution >= 0.6 is 0 Å². The number of hydrogen-bond donors (Lipinski definition) is 2. The number of cyclic esters (lactones) is 1. The van der Waals surface area contributed by atoms with Gasteiger partial charge in [-0.3, -0.25) is 0 Å². The predicted molar refractivity (Wildman–Crippen MR) is 34.5 cm³/mol. The summed E-state index contributed by atoms with van der Waals surface area (Å²) in [6.45, 7) is 3.37. The van der Waals surface area contributed by atoms with E-state index in [1.54, 1.807) is 13.8 Å². The maximum absolute atomic E-state index is 10.5. The summed E-state index contributed by atoms with van der Waals surface area (Å²) in [5.41, 5.74) is 0. The molecule has 0 aromatic heterocycles. The van der Waals surface area contributed by atoms with Gasteiger partial charge in [0, 0.05) is 0 Å². The van der Waals surface area contributed by atoms with Crippen LogP contribution in [0.3, 0.4) is 0 Å². The van der Waals surface area contributed by atoms with Gasteiger partial charge in [-0.25, -0.2) is 4.79 Å². The van der Waals surface area contributed by atoms with Gasteiger partial charge in [0.15, 0.2) is 0 Å². The van der Waals surface area contributed by atoms with Crippen LogP contribution in [0.2, 0.25) is 0 Å². The maximum Gasteiger partial charge on any atom is 0.407 e. The minimum absolute atomic E-state index is 0.229. The van der Waals surface area contributed by atoms with Crippen molar-refractivity contribution in [3.8, 4) is 0 Å². The molecule has 1 saturated heterocycles. The summed E-state index contributed by atoms with van der Waals surface area (Å²) in [4.78, 5) is 10.5. The zero-order valence-electron chi connectivity index (χ0n) is 6.00. The Hall–Kier alpha value is -0.770. The van der Waals surface area contributed by atoms with Gasteiger partial charge in [0.05, 0.1) is 12.1 Å². The molecule has 0 aromatic rings. The highest BCUT2D eigenvalue weighted by molar-refractivity contribution is 5.70. The molecule has 0 aliphatic carbocycles. The lowest BCUT2D eigenvalue weighted by Gasteiger charge is -2.14. The van der Waals surface area contributed by atoms with E-state index in [0.717, 1.165) is 0 Å². The van der Waals surface area contributed by atoms with E-state index in [1.165, 1.54) is 0 Å². The smallest absolute Gasteiger partial charge is 0.407 e. The quantitative estimate of drug-likeness (QED) is 0.540. The number of carbonyl (C=O) groups is 1. The van der Waals surface area contributed by atoms with Gasteiger partial charge >= 0.3 is 6.09 Å². The lowest BCUT2D eigenvalue weighted by atomic mass is 10.1. The van der Waals surface area contributed by atoms with Crippen LogP contribution in [-0.4, -0.2) is 29.4 Å². The molecule has 58 valence electrons. The third-order valence-corrected chi connectivity index (χ3v) is 1.60. The standard InChI is InChI=1S/C6H11NO3/c1-3(8)5-4(2)10-6(9)7-5/h3-5,8H,1-2H3,(H,7,9). The van der Waals surface area contributed by atoms with Gasteiger partial charge in [-0.15, -0.1) is 0 Å². The lowest BCUT2D eigenvalue weighted by Crippen LogP contribution is -2.39. The number of amides is 1. The summed E-state index contributed by atoms with van der Waals surface area (Å²) < 4.78 is 4.73. The summed E-state index contributed by atoms with van der Waals surface area (Å²) >= 11 is 0. The number of ether oxygens (including phenoxy) is 1. The molecule has 4 nitrogen and oxygen atoms in total. The van der Waals surface area contributed by atoms with Crippen LogP contribution in [0.15, 0.2) is 0 Å². The molecule has 4 heteroatoms. The summed E-state index contributed by atoms with van der Waals surface area (Å²) in [6.07, 6.45) is -1.23. The number of hydrogen-bond acceptors (Lipinski definition) is 3. The highest BCUT2D eigenvalue weighted by atomic mass is 16.6. The highest BCUT2D eigenvalue weighted by Crippen LogP contribution is 2.10. The normalized spacial score (nSPS) is 34.9. The fourth-order valence-electron chi connectivity index (χ4n) is 1.04. The molecule has 3 atom stereocenters. The first kappa shape index (κ1) is 7.34. The summed E-state index contributed by atoms with van der Waals surface area (Å²) in [7, 11) is 0. The SMILES string of the molecule is CC(O)C1NC(=O)OC1C. The number of carbonyl (C=O) groups excluding carboxylic acids is 1. The van der Waals surface area contributed by atoms with Crippen LogP contribution in [0.1, 0.15) is 13.8 Å². The van der Waals surface area contributed by atoms with Gasteiger partial charge in [0.25, 0.3) is 0 Å². The first-order chi connectivity index (χ1) is 4.61. The summed E-state index contributed by atoms with van der Waals surface area (Å²) in [6, 6.07) is -0.257. The Morgan fingerprint density at radius 3 is 2.60 bits per heavy atom. The van der Waals surface area contributed by atoms with Crippen LogP contribution in [0.5, 0.6) is 0 Å². The molecule has 1 aliphatic heterocycles. The minimum atomic E-state index is -0.554. The van der Waals surface area contributed by atoms with Gasteiger partial charge in [-0.2, -0.15) is 0 Å². The zero-order valence-corrected chi connectivity index (χ0v) is 6.00. The van der Waals surface area contributed by atoms with Crippen molar-refractivity contribution in [2.24, 2.45) is 0 Å². The Balaban J connectivity index is 2.54. The Morgan fingerprint density at radius 1 is 1.80 bits per heavy atom. The fraction of sp³-hybridized carbons (Fsp3) is 0.833. The van der Waals surface area contributed by atoms with E-state index < -0.39 is 12.2 Å². The molecule has 1 rings (SSSR count). The largest absolute Gasteiger partial charge is 0.444 e. The van der Waals surface area contributed by atoms with Crippen LogP contribution in [0, 0.1) is 0 Å². The number of rotatable bonds is 1. The molecule has 10 heavy (non-hydrogen) atoms. The van der Waals surface area contributed by atoms with Crippen molar-refractivity contribution in [2.75, 3.05) is 0 Å². The van der Waals surface area contributed by atoms with Crippen LogP contribution in [0.25, 0.3) is 0 Å². The molecule has 0 bridgehead atoms. The molecule has 0 radical (unpaired) electrons. The molecule has 1 aliphatic rings. The Kier molecular flexibility index (Phi) is 1.80. The maximum atomic E-state index is 10.5. The topological polar surface area (TPSA) is 58.6 Å². The fourth-order valence-corrected chi connectivity index (χ4v) is 1.04. The van der Waals surface area contributed by atoms with Gasteiger partial charge in [-0.05, 0) is 13.8 Å². The third-order valence-electron chi connectivity index (χ3n) is 1.60. The highest BCUT2D eigenvalue weighted by Gasteiger charge is 2.33. The molecule has 0 aromatic carbocycles. The molecule has 1 fully saturated rings. The van der Waals surface area contributed by atoms with Crippen molar-refractivity contribution in [1.82, 2.24) is 5.32 Å². The second-order valence-electron chi connectivity index (χ2n) is 2.52. The van der Waals surface area contributed by atoms with E-state index in [-0.39, 0.29) is 12.1 Å². The molecule has 2 N–H and O–H groups in total. The number of nitrogens with one attached hydrogen (secondary N) is 1. The van der Waals surface area contributed by atoms with E-state index in [1.807, 2.05) is 0 Å². The first-order valence-corrected chi connectivity index (χ1v) is 3.26. The van der Waals surface area contributed by atoms with Gasteiger partial charge in [-0.1, -0.05) is 0 Å². The monoisotopic (exact) mass is 145 g/mol. The average molecular weight is 145 g/mol. The van der Waals surface area contributed by atoms with Crippen molar-refractivity contribution < 1.29 is 14.6 Å². The third kappa shape index (κ3) is 1.21. The van der Waals surface area contributed by atoms with Crippen molar-refractivity contribution >= 4 is 6.09 Å². The van der Waals surface area contributed by atoms with Gasteiger partial charge in [0.2, 0.25) is 0 Å². The molecule has 1 heterocycles. The Morgan fingerprint density at radius 2 is 2.40 bits per heavy atom. The summed E-state index contributed by atoms with van der Waals surface area (Å²) in [5, 5.41) is 11.5. The zero-order chi connectivity index (χ0) is 7.72. The second-order valence-corrected chi connectivity index (χ2v) is 2.52. The van der Waals surface area contributed by atoms with Crippen molar-refractivity contribution in [2.45, 2.75) is 32.1 Å². The first-order valence-electron chi connectivity index (χ1n) is 3.26. The molecular formula is C6H11NO3. The van der Waals surface area contributed by atoms with E-state index in [4.69, 9.17) is 9.84 Å². The average Bonchev–Trinajstić information content (AvgIpc) is 2.10. The molecule has 0 saturated carbocycles. The van der Waals surface area contributed by atoms with Crippen molar-refractivity contribution in [3.63, 3.8) is 0 Å². The van der Waals surface area contributed by atoms with Gasteiger partial charge < -0.3 is 15.2 Å².